The van der Waals surface area contributed by atoms with Crippen LogP contribution in [-0.2, 0) is 16.0 Å². The Bertz CT molecular complexity index is 836. The molecule has 1 saturated heterocycles. The first-order chi connectivity index (χ1) is 13.9. The monoisotopic (exact) mass is 434 g/mol. The van der Waals surface area contributed by atoms with Crippen molar-refractivity contribution in [1.82, 2.24) is 15.5 Å². The van der Waals surface area contributed by atoms with Gasteiger partial charge in [-0.2, -0.15) is 0 Å². The zero-order chi connectivity index (χ0) is 20.6. The third-order valence-electron chi connectivity index (χ3n) is 6.90. The van der Waals surface area contributed by atoms with E-state index in [2.05, 4.69) is 17.6 Å². The maximum Gasteiger partial charge on any atom is 0.325 e. The minimum absolute atomic E-state index is 0. The van der Waals surface area contributed by atoms with Gasteiger partial charge >= 0.3 is 6.03 Å². The second kappa shape index (κ2) is 8.84. The number of halogens is 1. The topological polar surface area (TPSA) is 105 Å². The summed E-state index contributed by atoms with van der Waals surface area (Å²) in [5, 5.41) is 5.90. The summed E-state index contributed by atoms with van der Waals surface area (Å²) < 4.78 is 0. The van der Waals surface area contributed by atoms with Crippen molar-refractivity contribution in [2.45, 2.75) is 69.9 Å². The molecule has 1 aromatic rings. The van der Waals surface area contributed by atoms with Crippen LogP contribution in [0.2, 0.25) is 0 Å². The number of amides is 4. The third kappa shape index (κ3) is 4.13. The molecule has 7 nitrogen and oxygen atoms in total. The van der Waals surface area contributed by atoms with Gasteiger partial charge < -0.3 is 16.4 Å². The fourth-order valence-electron chi connectivity index (χ4n) is 5.11. The van der Waals surface area contributed by atoms with Gasteiger partial charge in [0.2, 0.25) is 5.91 Å². The molecule has 8 heteroatoms. The number of fused-ring (bicyclic) bond motifs is 1. The van der Waals surface area contributed by atoms with Gasteiger partial charge in [0.1, 0.15) is 12.1 Å². The number of nitrogens with two attached hydrogens (primary N) is 1. The molecule has 1 unspecified atom stereocenters. The molecule has 1 heterocycles. The molecule has 0 bridgehead atoms. The Morgan fingerprint density at radius 1 is 1.27 bits per heavy atom. The van der Waals surface area contributed by atoms with Crippen molar-refractivity contribution in [3.05, 3.63) is 29.3 Å². The summed E-state index contributed by atoms with van der Waals surface area (Å²) in [7, 11) is 0. The quantitative estimate of drug-likeness (QED) is 0.500. The highest BCUT2D eigenvalue weighted by Gasteiger charge is 2.52. The van der Waals surface area contributed by atoms with Crippen molar-refractivity contribution in [2.24, 2.45) is 5.92 Å². The zero-order valence-corrected chi connectivity index (χ0v) is 18.2. The number of nitrogen functional groups attached to an aromatic ring is 1. The molecule has 1 spiro atoms. The Morgan fingerprint density at radius 2 is 2.00 bits per heavy atom. The number of aryl methyl sites for hydroxylation is 1. The number of nitrogens with zero attached hydrogens (tertiary/aromatic N) is 1. The number of carbonyl (C=O) groups excluding carboxylic acids is 3. The fourth-order valence-corrected chi connectivity index (χ4v) is 5.11. The zero-order valence-electron chi connectivity index (χ0n) is 17.4. The number of carbonyl (C=O) groups is 3. The number of imide groups is 1. The lowest BCUT2D eigenvalue weighted by Gasteiger charge is -2.34. The molecule has 1 aliphatic heterocycles. The van der Waals surface area contributed by atoms with E-state index in [1.54, 1.807) is 0 Å². The fraction of sp³-hybridized carbons (Fsp3) is 0.591. The van der Waals surface area contributed by atoms with Crippen molar-refractivity contribution >= 4 is 35.9 Å². The van der Waals surface area contributed by atoms with Crippen molar-refractivity contribution in [3.8, 4) is 0 Å². The molecule has 164 valence electrons. The average Bonchev–Trinajstić information content (AvgIpc) is 2.92. The summed E-state index contributed by atoms with van der Waals surface area (Å²) in [5.74, 6) is 0.0644. The van der Waals surface area contributed by atoms with Crippen molar-refractivity contribution in [1.29, 1.82) is 0 Å². The third-order valence-corrected chi connectivity index (χ3v) is 6.90. The Balaban J connectivity index is 0.00000256. The predicted molar refractivity (Wildman–Crippen MR) is 117 cm³/mol. The lowest BCUT2D eigenvalue weighted by molar-refractivity contribution is -0.136. The summed E-state index contributed by atoms with van der Waals surface area (Å²) in [4.78, 5) is 39.3. The lowest BCUT2D eigenvalue weighted by atomic mass is 9.75. The SMILES string of the molecule is CCC1CCC2(CC1)NC(=O)N(CC(=O)NC1CCCc3cc(N)ccc31)C2=O.Cl. The van der Waals surface area contributed by atoms with E-state index in [-0.39, 0.29) is 36.8 Å². The lowest BCUT2D eigenvalue weighted by Crippen LogP contribution is -2.50. The van der Waals surface area contributed by atoms with Crippen LogP contribution in [0.25, 0.3) is 0 Å². The smallest absolute Gasteiger partial charge is 0.325 e. The maximum atomic E-state index is 13.0. The molecule has 1 saturated carbocycles. The number of hydrogen-bond acceptors (Lipinski definition) is 4. The highest BCUT2D eigenvalue weighted by Crippen LogP contribution is 2.37. The Labute approximate surface area is 183 Å². The van der Waals surface area contributed by atoms with Crippen LogP contribution in [0.1, 0.15) is 69.0 Å². The molecule has 4 amide bonds. The second-order valence-electron chi connectivity index (χ2n) is 8.73. The Morgan fingerprint density at radius 3 is 2.70 bits per heavy atom. The number of hydrogen-bond donors (Lipinski definition) is 3. The molecular formula is C22H31ClN4O3. The van der Waals surface area contributed by atoms with E-state index in [0.29, 0.717) is 18.8 Å². The Hall–Kier alpha value is -2.28. The number of urea groups is 1. The molecular weight excluding hydrogens is 404 g/mol. The van der Waals surface area contributed by atoms with Crippen LogP contribution in [0.5, 0.6) is 0 Å². The van der Waals surface area contributed by atoms with Gasteiger partial charge in [-0.1, -0.05) is 19.4 Å². The molecule has 1 aromatic carbocycles. The van der Waals surface area contributed by atoms with Crippen molar-refractivity contribution < 1.29 is 14.4 Å². The molecule has 2 aliphatic carbocycles. The van der Waals surface area contributed by atoms with Crippen LogP contribution < -0.4 is 16.4 Å². The van der Waals surface area contributed by atoms with Gasteiger partial charge in [-0.3, -0.25) is 14.5 Å². The summed E-state index contributed by atoms with van der Waals surface area (Å²) in [6, 6.07) is 5.21. The van der Waals surface area contributed by atoms with Gasteiger partial charge in [0.05, 0.1) is 6.04 Å². The molecule has 30 heavy (non-hydrogen) atoms. The van der Waals surface area contributed by atoms with E-state index in [4.69, 9.17) is 5.73 Å². The first-order valence-corrected chi connectivity index (χ1v) is 10.7. The van der Waals surface area contributed by atoms with Crippen LogP contribution in [0.4, 0.5) is 10.5 Å². The van der Waals surface area contributed by atoms with Gasteiger partial charge in [-0.25, -0.2) is 4.79 Å². The van der Waals surface area contributed by atoms with Crippen LogP contribution in [0, 0.1) is 5.92 Å². The van der Waals surface area contributed by atoms with E-state index >= 15 is 0 Å². The second-order valence-corrected chi connectivity index (χ2v) is 8.73. The average molecular weight is 435 g/mol. The number of benzene rings is 1. The number of rotatable bonds is 4. The van der Waals surface area contributed by atoms with E-state index in [9.17, 15) is 14.4 Å². The molecule has 0 aromatic heterocycles. The normalized spacial score (nSPS) is 28.0. The summed E-state index contributed by atoms with van der Waals surface area (Å²) >= 11 is 0. The number of nitrogens with one attached hydrogen (secondary N) is 2. The van der Waals surface area contributed by atoms with E-state index in [0.717, 1.165) is 60.2 Å². The van der Waals surface area contributed by atoms with Gasteiger partial charge in [-0.15, -0.1) is 12.4 Å². The highest BCUT2D eigenvalue weighted by atomic mass is 35.5. The maximum absolute atomic E-state index is 13.0. The minimum atomic E-state index is -0.808. The molecule has 2 fully saturated rings. The van der Waals surface area contributed by atoms with Crippen LogP contribution in [0.15, 0.2) is 18.2 Å². The molecule has 1 atom stereocenters. The Kier molecular flexibility index (Phi) is 6.60. The van der Waals surface area contributed by atoms with Crippen molar-refractivity contribution in [2.75, 3.05) is 12.3 Å². The first kappa shape index (κ1) is 22.4. The molecule has 4 N–H and O–H groups in total. The van der Waals surface area contributed by atoms with E-state index < -0.39 is 11.6 Å². The van der Waals surface area contributed by atoms with Crippen LogP contribution in [0.3, 0.4) is 0 Å². The van der Waals surface area contributed by atoms with Gasteiger partial charge in [-0.05, 0) is 74.1 Å². The summed E-state index contributed by atoms with van der Waals surface area (Å²) in [6.07, 6.45) is 7.03. The van der Waals surface area contributed by atoms with Crippen molar-refractivity contribution in [3.63, 3.8) is 0 Å². The predicted octanol–water partition coefficient (Wildman–Crippen LogP) is 3.08. The minimum Gasteiger partial charge on any atom is -0.399 e. The molecule has 0 radical (unpaired) electrons. The van der Waals surface area contributed by atoms with Gasteiger partial charge in [0.15, 0.2) is 0 Å². The first-order valence-electron chi connectivity index (χ1n) is 10.7. The summed E-state index contributed by atoms with van der Waals surface area (Å²) in [5.41, 5.74) is 8.02. The van der Waals surface area contributed by atoms with Gasteiger partial charge in [0, 0.05) is 5.69 Å². The number of anilines is 1. The summed E-state index contributed by atoms with van der Waals surface area (Å²) in [6.45, 7) is 1.93. The van der Waals surface area contributed by atoms with E-state index in [1.165, 1.54) is 0 Å². The standard InChI is InChI=1S/C22H30N4O3.ClH/c1-2-14-8-10-22(11-9-14)20(28)26(21(29)25-22)13-19(27)24-18-5-3-4-15-12-16(23)6-7-17(15)18;/h6-7,12,14,18H,2-5,8-11,13,23H2,1H3,(H,24,27)(H,25,29);1H. The highest BCUT2D eigenvalue weighted by molar-refractivity contribution is 6.09. The van der Waals surface area contributed by atoms with Gasteiger partial charge in [0.25, 0.3) is 5.91 Å². The molecule has 4 rings (SSSR count). The molecule has 3 aliphatic rings. The van der Waals surface area contributed by atoms with Crippen LogP contribution in [-0.4, -0.2) is 34.8 Å². The van der Waals surface area contributed by atoms with Crippen LogP contribution >= 0.6 is 12.4 Å². The largest absolute Gasteiger partial charge is 0.399 e. The van der Waals surface area contributed by atoms with E-state index in [1.807, 2.05) is 18.2 Å².